The summed E-state index contributed by atoms with van der Waals surface area (Å²) in [7, 11) is 0. The largest absolute Gasteiger partial charge is 0.308 e. The molecule has 3 nitrogen and oxygen atoms in total. The molecule has 0 spiro atoms. The number of allylic oxidation sites excluding steroid dienone is 1. The van der Waals surface area contributed by atoms with E-state index in [1.165, 1.54) is 97.5 Å². The monoisotopic (exact) mass is 685 g/mol. The first-order chi connectivity index (χ1) is 25.6. The highest BCUT2D eigenvalue weighted by Crippen LogP contribution is 2.48. The van der Waals surface area contributed by atoms with Crippen molar-refractivity contribution < 1.29 is 9.13 Å². The molecule has 7 heterocycles. The maximum Gasteiger partial charge on any atom is 0.218 e. The summed E-state index contributed by atoms with van der Waals surface area (Å²) in [6, 6.07) is 46.2. The molecule has 0 aliphatic carbocycles. The third kappa shape index (κ3) is 3.75. The molecular weight excluding hydrogens is 651 g/mol. The van der Waals surface area contributed by atoms with Crippen molar-refractivity contribution in [3.05, 3.63) is 157 Å². The standard InChI is InChI=1S/C48H35N3S/c1-28-17-21-41-38-26-39-35-13-9-14-37-46-42(22-20-36-34-12-5-6-16-45(34)52-48(36)46)51(47(35)37)44(39)25-30(38)18-19-33-31-10-3-4-11-32(31)40-15-7-8-23-49(40)43(33)24-29(2)50(41)27-28/h3-17,20-23,25-27,33,43H,2,18-19,24H2,1H3/q+2. The lowest BCUT2D eigenvalue weighted by molar-refractivity contribution is -0.720. The van der Waals surface area contributed by atoms with E-state index in [0.717, 1.165) is 25.0 Å². The molecule has 0 fully saturated rings. The number of thiophene rings is 1. The van der Waals surface area contributed by atoms with Gasteiger partial charge in [-0.1, -0.05) is 60.7 Å². The van der Waals surface area contributed by atoms with Gasteiger partial charge in [-0.15, -0.1) is 11.3 Å². The molecule has 2 unspecified atom stereocenters. The predicted molar refractivity (Wildman–Crippen MR) is 216 cm³/mol. The van der Waals surface area contributed by atoms with Crippen LogP contribution in [0.4, 0.5) is 0 Å². The number of aryl methyl sites for hydroxylation is 2. The summed E-state index contributed by atoms with van der Waals surface area (Å²) in [5, 5.41) is 8.07. The van der Waals surface area contributed by atoms with E-state index in [4.69, 9.17) is 6.58 Å². The Labute approximate surface area is 305 Å². The molecule has 0 bridgehead atoms. The zero-order chi connectivity index (χ0) is 34.2. The minimum absolute atomic E-state index is 0.274. The SMILES string of the molecule is C=C1CC2C(CCc3cc4c(cc3-c3ccc(C)c[n+]31)c1cccc3c5c6sc7ccccc7c6ccc5n4c13)c1ccccc1-c1cccc[n+]12. The minimum atomic E-state index is 0.274. The number of hydrogen-bond donors (Lipinski definition) is 0. The first-order valence-corrected chi connectivity index (χ1v) is 19.3. The maximum atomic E-state index is 4.81. The van der Waals surface area contributed by atoms with Crippen LogP contribution in [0.2, 0.25) is 0 Å². The van der Waals surface area contributed by atoms with Crippen LogP contribution in [0.25, 0.3) is 86.5 Å². The summed E-state index contributed by atoms with van der Waals surface area (Å²) >= 11 is 1.93. The van der Waals surface area contributed by atoms with Crippen LogP contribution >= 0.6 is 11.3 Å². The highest BCUT2D eigenvalue weighted by Gasteiger charge is 2.42. The average molecular weight is 686 g/mol. The summed E-state index contributed by atoms with van der Waals surface area (Å²) in [5.41, 5.74) is 14.4. The molecule has 4 heteroatoms. The van der Waals surface area contributed by atoms with Gasteiger partial charge in [0.15, 0.2) is 24.1 Å². The highest BCUT2D eigenvalue weighted by atomic mass is 32.1. The van der Waals surface area contributed by atoms with Gasteiger partial charge in [-0.3, -0.25) is 0 Å². The Kier molecular flexibility index (Phi) is 5.75. The Bertz CT molecular complexity index is 3160. The van der Waals surface area contributed by atoms with Crippen molar-refractivity contribution in [1.29, 1.82) is 0 Å². The van der Waals surface area contributed by atoms with Crippen molar-refractivity contribution in [1.82, 2.24) is 4.40 Å². The molecule has 0 saturated carbocycles. The van der Waals surface area contributed by atoms with Gasteiger partial charge >= 0.3 is 0 Å². The fraction of sp³-hybridized carbons (Fsp3) is 0.125. The predicted octanol–water partition coefficient (Wildman–Crippen LogP) is 11.6. The van der Waals surface area contributed by atoms with Crippen LogP contribution in [0.15, 0.2) is 140 Å². The van der Waals surface area contributed by atoms with Crippen LogP contribution in [0.1, 0.15) is 41.5 Å². The molecule has 246 valence electrons. The van der Waals surface area contributed by atoms with Gasteiger partial charge in [0.2, 0.25) is 11.4 Å². The molecule has 0 amide bonds. The lowest BCUT2D eigenvalue weighted by atomic mass is 9.77. The van der Waals surface area contributed by atoms with E-state index in [1.807, 2.05) is 11.3 Å². The van der Waals surface area contributed by atoms with Crippen LogP contribution in [-0.2, 0) is 6.42 Å². The van der Waals surface area contributed by atoms with Gasteiger partial charge in [-0.25, -0.2) is 0 Å². The number of aromatic nitrogens is 3. The number of pyridine rings is 2. The fourth-order valence-electron chi connectivity index (χ4n) is 10.0. The topological polar surface area (TPSA) is 12.2 Å². The van der Waals surface area contributed by atoms with Crippen LogP contribution in [0, 0.1) is 6.92 Å². The third-order valence-electron chi connectivity index (χ3n) is 12.3. The first kappa shape index (κ1) is 28.8. The molecule has 10 aromatic rings. The number of nitrogens with zero attached hydrogens (tertiary/aromatic N) is 3. The van der Waals surface area contributed by atoms with E-state index in [0.29, 0.717) is 5.92 Å². The number of para-hydroxylation sites is 1. The van der Waals surface area contributed by atoms with E-state index >= 15 is 0 Å². The van der Waals surface area contributed by atoms with E-state index in [-0.39, 0.29) is 6.04 Å². The molecule has 52 heavy (non-hydrogen) atoms. The molecular formula is C48H35N3S+2. The molecule has 2 aliphatic heterocycles. The van der Waals surface area contributed by atoms with Gasteiger partial charge in [0.05, 0.1) is 28.5 Å². The highest BCUT2D eigenvalue weighted by molar-refractivity contribution is 7.26. The lowest BCUT2D eigenvalue weighted by Gasteiger charge is -2.31. The van der Waals surface area contributed by atoms with Gasteiger partial charge in [-0.05, 0) is 79.9 Å². The van der Waals surface area contributed by atoms with Gasteiger partial charge < -0.3 is 4.40 Å². The molecule has 5 aromatic heterocycles. The second-order valence-electron chi connectivity index (χ2n) is 15.0. The van der Waals surface area contributed by atoms with Crippen molar-refractivity contribution in [2.75, 3.05) is 0 Å². The van der Waals surface area contributed by atoms with E-state index in [1.54, 1.807) is 0 Å². The van der Waals surface area contributed by atoms with Crippen LogP contribution in [-0.4, -0.2) is 4.40 Å². The van der Waals surface area contributed by atoms with Crippen molar-refractivity contribution in [2.24, 2.45) is 0 Å². The molecule has 2 aliphatic rings. The number of hydrogen-bond acceptors (Lipinski definition) is 1. The summed E-state index contributed by atoms with van der Waals surface area (Å²) in [4.78, 5) is 0. The molecule has 0 saturated heterocycles. The smallest absolute Gasteiger partial charge is 0.218 e. The molecule has 0 N–H and O–H groups in total. The lowest BCUT2D eigenvalue weighted by Crippen LogP contribution is -2.49. The Morgan fingerprint density at radius 2 is 1.56 bits per heavy atom. The van der Waals surface area contributed by atoms with Gasteiger partial charge in [-0.2, -0.15) is 9.13 Å². The second-order valence-corrected chi connectivity index (χ2v) is 16.1. The first-order valence-electron chi connectivity index (χ1n) is 18.5. The summed E-state index contributed by atoms with van der Waals surface area (Å²) in [6.07, 6.45) is 7.51. The number of benzene rings is 5. The van der Waals surface area contributed by atoms with Gasteiger partial charge in [0.1, 0.15) is 0 Å². The molecule has 2 atom stereocenters. The van der Waals surface area contributed by atoms with Crippen molar-refractivity contribution >= 4 is 75.3 Å². The maximum absolute atomic E-state index is 4.81. The average Bonchev–Trinajstić information content (AvgIpc) is 3.84. The van der Waals surface area contributed by atoms with Crippen molar-refractivity contribution in [3.63, 3.8) is 0 Å². The Morgan fingerprint density at radius 3 is 2.52 bits per heavy atom. The minimum Gasteiger partial charge on any atom is -0.308 e. The van der Waals surface area contributed by atoms with Crippen LogP contribution in [0.3, 0.4) is 0 Å². The molecule has 12 rings (SSSR count). The van der Waals surface area contributed by atoms with Crippen molar-refractivity contribution in [3.8, 4) is 22.5 Å². The number of fused-ring (bicyclic) bond motifs is 19. The number of rotatable bonds is 0. The van der Waals surface area contributed by atoms with Crippen LogP contribution < -0.4 is 9.13 Å². The zero-order valence-electron chi connectivity index (χ0n) is 28.9. The normalized spacial score (nSPS) is 17.1. The third-order valence-corrected chi connectivity index (χ3v) is 13.5. The summed E-state index contributed by atoms with van der Waals surface area (Å²) in [5.74, 6) is 0.360. The van der Waals surface area contributed by atoms with E-state index < -0.39 is 0 Å². The Morgan fingerprint density at radius 1 is 0.712 bits per heavy atom. The van der Waals surface area contributed by atoms with Crippen LogP contribution in [0.5, 0.6) is 0 Å². The quantitative estimate of drug-likeness (QED) is 0.141. The molecule has 0 radical (unpaired) electrons. The Hall–Kier alpha value is -5.84. The van der Waals surface area contributed by atoms with E-state index in [2.05, 4.69) is 154 Å². The van der Waals surface area contributed by atoms with Gasteiger partial charge in [0.25, 0.3) is 0 Å². The fourth-order valence-corrected chi connectivity index (χ4v) is 11.3. The second kappa shape index (κ2) is 10.4. The van der Waals surface area contributed by atoms with Gasteiger partial charge in [0, 0.05) is 77.0 Å². The Balaban J connectivity index is 1.14. The summed E-state index contributed by atoms with van der Waals surface area (Å²) in [6.45, 7) is 7.01. The zero-order valence-corrected chi connectivity index (χ0v) is 29.8. The molecule has 5 aromatic carbocycles. The van der Waals surface area contributed by atoms with Crippen molar-refractivity contribution in [2.45, 2.75) is 38.1 Å². The van der Waals surface area contributed by atoms with E-state index in [9.17, 15) is 0 Å². The summed E-state index contributed by atoms with van der Waals surface area (Å²) < 4.78 is 10.2.